The van der Waals surface area contributed by atoms with Crippen molar-refractivity contribution in [1.29, 1.82) is 0 Å². The van der Waals surface area contributed by atoms with Gasteiger partial charge in [0.2, 0.25) is 0 Å². The van der Waals surface area contributed by atoms with Gasteiger partial charge < -0.3 is 20.1 Å². The highest BCUT2D eigenvalue weighted by atomic mass is 32.2. The Bertz CT molecular complexity index is 260. The number of rotatable bonds is 1. The molecule has 6 heteroatoms. The van der Waals surface area contributed by atoms with Gasteiger partial charge >= 0.3 is 0 Å². The van der Waals surface area contributed by atoms with E-state index in [1.807, 2.05) is 6.92 Å². The van der Waals surface area contributed by atoms with Gasteiger partial charge in [-0.2, -0.15) is 0 Å². The molecule has 0 amide bonds. The molecule has 0 aromatic heterocycles. The average Bonchev–Trinajstić information content (AvgIpc) is 2.52. The standard InChI is InChI=1S/C8H13NO4S/c1-3-9-5-7(12)6(11)4(2-10)13-8(5)14-3/h4-8,10-12H,2H2,1H3/t4-,5-,6-,7-,8+/m1/s1. The van der Waals surface area contributed by atoms with Crippen LogP contribution in [0.15, 0.2) is 4.99 Å². The molecule has 3 N–H and O–H groups in total. The van der Waals surface area contributed by atoms with Gasteiger partial charge in [-0.25, -0.2) is 0 Å². The Morgan fingerprint density at radius 1 is 1.43 bits per heavy atom. The van der Waals surface area contributed by atoms with Crippen molar-refractivity contribution in [3.05, 3.63) is 0 Å². The third kappa shape index (κ3) is 1.57. The molecule has 0 aliphatic carbocycles. The number of ether oxygens (including phenoxy) is 1. The Labute approximate surface area is 85.8 Å². The van der Waals surface area contributed by atoms with E-state index in [-0.39, 0.29) is 12.0 Å². The Kier molecular flexibility index (Phi) is 2.81. The van der Waals surface area contributed by atoms with Gasteiger partial charge in [0.1, 0.15) is 29.8 Å². The molecule has 0 spiro atoms. The van der Waals surface area contributed by atoms with Gasteiger partial charge in [0.15, 0.2) is 0 Å². The van der Waals surface area contributed by atoms with E-state index >= 15 is 0 Å². The molecule has 1 saturated heterocycles. The topological polar surface area (TPSA) is 82.3 Å². The summed E-state index contributed by atoms with van der Waals surface area (Å²) in [5.41, 5.74) is -0.273. The zero-order chi connectivity index (χ0) is 10.3. The molecule has 0 aromatic rings. The first-order valence-electron chi connectivity index (χ1n) is 4.47. The quantitative estimate of drug-likeness (QED) is 0.525. The zero-order valence-electron chi connectivity index (χ0n) is 7.70. The highest BCUT2D eigenvalue weighted by Crippen LogP contribution is 2.36. The lowest BCUT2D eigenvalue weighted by molar-refractivity contribution is -0.164. The summed E-state index contributed by atoms with van der Waals surface area (Å²) >= 11 is 1.42. The smallest absolute Gasteiger partial charge is 0.134 e. The Balaban J connectivity index is 2.14. The molecular weight excluding hydrogens is 206 g/mol. The second-order valence-corrected chi connectivity index (χ2v) is 4.75. The maximum Gasteiger partial charge on any atom is 0.134 e. The average molecular weight is 219 g/mol. The van der Waals surface area contributed by atoms with Crippen molar-refractivity contribution in [1.82, 2.24) is 0 Å². The highest BCUT2D eigenvalue weighted by molar-refractivity contribution is 8.14. The van der Waals surface area contributed by atoms with E-state index in [4.69, 9.17) is 9.84 Å². The molecule has 0 saturated carbocycles. The molecule has 5 nitrogen and oxygen atoms in total. The number of thioether (sulfide) groups is 1. The first kappa shape index (κ1) is 10.4. The maximum absolute atomic E-state index is 9.71. The molecule has 2 aliphatic heterocycles. The van der Waals surface area contributed by atoms with Crippen molar-refractivity contribution in [2.24, 2.45) is 4.99 Å². The predicted octanol–water partition coefficient (Wildman–Crippen LogP) is -1.04. The molecule has 0 aromatic carbocycles. The number of nitrogens with zero attached hydrogens (tertiary/aromatic N) is 1. The third-order valence-corrected chi connectivity index (χ3v) is 3.53. The van der Waals surface area contributed by atoms with Crippen LogP contribution in [0.4, 0.5) is 0 Å². The summed E-state index contributed by atoms with van der Waals surface area (Å²) in [6, 6.07) is -0.405. The van der Waals surface area contributed by atoms with Crippen LogP contribution in [0.25, 0.3) is 0 Å². The minimum atomic E-state index is -1.06. The molecule has 2 rings (SSSR count). The molecule has 0 unspecified atom stereocenters. The van der Waals surface area contributed by atoms with E-state index in [2.05, 4.69) is 4.99 Å². The van der Waals surface area contributed by atoms with Crippen LogP contribution < -0.4 is 0 Å². The van der Waals surface area contributed by atoms with E-state index in [1.54, 1.807) is 0 Å². The SMILES string of the molecule is CC1=N[C@@H]2[C@@H](O)[C@H](O)[C@@H](CO)O[C@H]2S1. The van der Waals surface area contributed by atoms with Crippen molar-refractivity contribution in [2.75, 3.05) is 6.61 Å². The van der Waals surface area contributed by atoms with E-state index in [1.165, 1.54) is 11.8 Å². The van der Waals surface area contributed by atoms with Crippen LogP contribution >= 0.6 is 11.8 Å². The summed E-state index contributed by atoms with van der Waals surface area (Å²) in [4.78, 5) is 4.17. The zero-order valence-corrected chi connectivity index (χ0v) is 8.52. The molecule has 0 bridgehead atoms. The summed E-state index contributed by atoms with van der Waals surface area (Å²) in [6.45, 7) is 1.54. The van der Waals surface area contributed by atoms with Gasteiger partial charge in [0.25, 0.3) is 0 Å². The van der Waals surface area contributed by atoms with Crippen LogP contribution in [0.1, 0.15) is 6.92 Å². The number of aliphatic imine (C=N–C) groups is 1. The van der Waals surface area contributed by atoms with Crippen molar-refractivity contribution < 1.29 is 20.1 Å². The monoisotopic (exact) mass is 219 g/mol. The second kappa shape index (κ2) is 3.79. The van der Waals surface area contributed by atoms with E-state index in [0.29, 0.717) is 0 Å². The number of aliphatic hydroxyl groups is 3. The van der Waals surface area contributed by atoms with Crippen molar-refractivity contribution >= 4 is 16.8 Å². The maximum atomic E-state index is 9.71. The fourth-order valence-corrected chi connectivity index (χ4v) is 2.79. The summed E-state index contributed by atoms with van der Waals surface area (Å²) in [6.07, 6.45) is -2.72. The van der Waals surface area contributed by atoms with Crippen LogP contribution in [0.3, 0.4) is 0 Å². The van der Waals surface area contributed by atoms with Crippen LogP contribution in [0.5, 0.6) is 0 Å². The second-order valence-electron chi connectivity index (χ2n) is 3.46. The van der Waals surface area contributed by atoms with Crippen LogP contribution in [-0.2, 0) is 4.74 Å². The number of aliphatic hydroxyl groups excluding tert-OH is 3. The third-order valence-electron chi connectivity index (χ3n) is 2.47. The minimum Gasteiger partial charge on any atom is -0.394 e. The van der Waals surface area contributed by atoms with Crippen molar-refractivity contribution in [3.8, 4) is 0 Å². The van der Waals surface area contributed by atoms with Gasteiger partial charge in [0.05, 0.1) is 11.7 Å². The summed E-state index contributed by atoms with van der Waals surface area (Å²) < 4.78 is 5.40. The molecule has 1 fully saturated rings. The largest absolute Gasteiger partial charge is 0.394 e. The number of hydrogen-bond acceptors (Lipinski definition) is 6. The minimum absolute atomic E-state index is 0.273. The molecular formula is C8H13NO4S. The molecule has 5 atom stereocenters. The van der Waals surface area contributed by atoms with Crippen LogP contribution in [-0.4, -0.2) is 56.8 Å². The summed E-state index contributed by atoms with van der Waals surface area (Å²) in [7, 11) is 0. The summed E-state index contributed by atoms with van der Waals surface area (Å²) in [5, 5.41) is 29.0. The van der Waals surface area contributed by atoms with Gasteiger partial charge in [-0.3, -0.25) is 4.99 Å². The Hall–Kier alpha value is -0.140. The number of fused-ring (bicyclic) bond motifs is 1. The van der Waals surface area contributed by atoms with Gasteiger partial charge in [0, 0.05) is 0 Å². The lowest BCUT2D eigenvalue weighted by atomic mass is 9.99. The molecule has 0 radical (unpaired) electrons. The fraction of sp³-hybridized carbons (Fsp3) is 0.875. The Morgan fingerprint density at radius 2 is 2.14 bits per heavy atom. The predicted molar refractivity (Wildman–Crippen MR) is 52.2 cm³/mol. The van der Waals surface area contributed by atoms with Crippen molar-refractivity contribution in [2.45, 2.75) is 36.7 Å². The molecule has 14 heavy (non-hydrogen) atoms. The van der Waals surface area contributed by atoms with Gasteiger partial charge in [-0.05, 0) is 6.92 Å². The van der Waals surface area contributed by atoms with Crippen LogP contribution in [0.2, 0.25) is 0 Å². The lowest BCUT2D eigenvalue weighted by Crippen LogP contribution is -2.55. The summed E-state index contributed by atoms with van der Waals surface area (Å²) in [5.74, 6) is 0. The van der Waals surface area contributed by atoms with Gasteiger partial charge in [-0.15, -0.1) is 0 Å². The first-order chi connectivity index (χ1) is 6.63. The first-order valence-corrected chi connectivity index (χ1v) is 5.35. The fourth-order valence-electron chi connectivity index (χ4n) is 1.71. The Morgan fingerprint density at radius 3 is 2.79 bits per heavy atom. The normalized spacial score (nSPS) is 47.4. The van der Waals surface area contributed by atoms with E-state index in [9.17, 15) is 10.2 Å². The number of hydrogen-bond donors (Lipinski definition) is 3. The molecule has 80 valence electrons. The van der Waals surface area contributed by atoms with E-state index < -0.39 is 24.4 Å². The molecule has 2 heterocycles. The lowest BCUT2D eigenvalue weighted by Gasteiger charge is -2.37. The highest BCUT2D eigenvalue weighted by Gasteiger charge is 2.47. The van der Waals surface area contributed by atoms with Crippen molar-refractivity contribution in [3.63, 3.8) is 0 Å². The van der Waals surface area contributed by atoms with E-state index in [0.717, 1.165) is 5.04 Å². The van der Waals surface area contributed by atoms with Crippen LogP contribution in [0, 0.1) is 0 Å². The van der Waals surface area contributed by atoms with Gasteiger partial charge in [-0.1, -0.05) is 11.8 Å². The molecule has 2 aliphatic rings.